The normalized spacial score (nSPS) is 16.1. The van der Waals surface area contributed by atoms with Crippen molar-refractivity contribution < 1.29 is 0 Å². The largest absolute Gasteiger partial charge is 0.311 e. The molecule has 1 aromatic rings. The van der Waals surface area contributed by atoms with Crippen LogP contribution in [0, 0.1) is 0 Å². The fraction of sp³-hybridized carbons (Fsp3) is 0.714. The van der Waals surface area contributed by atoms with Crippen molar-refractivity contribution >= 4 is 0 Å². The maximum Gasteiger partial charge on any atom is 0.134 e. The molecule has 2 rings (SSSR count). The predicted octanol–water partition coefficient (Wildman–Crippen LogP) is 2.54. The van der Waals surface area contributed by atoms with Gasteiger partial charge in [-0.3, -0.25) is 0 Å². The molecule has 0 bridgehead atoms. The summed E-state index contributed by atoms with van der Waals surface area (Å²) in [4.78, 5) is 9.57. The van der Waals surface area contributed by atoms with Crippen LogP contribution in [0.1, 0.15) is 63.3 Å². The SMILES string of the molecule is CC(C)c1nc(C(C)(C)C)nc2c1CCNC2. The summed E-state index contributed by atoms with van der Waals surface area (Å²) >= 11 is 0. The van der Waals surface area contributed by atoms with E-state index in [1.165, 1.54) is 17.0 Å². The van der Waals surface area contributed by atoms with Gasteiger partial charge in [-0.15, -0.1) is 0 Å². The molecule has 1 aliphatic heterocycles. The van der Waals surface area contributed by atoms with E-state index in [9.17, 15) is 0 Å². The van der Waals surface area contributed by atoms with Gasteiger partial charge in [0.2, 0.25) is 0 Å². The van der Waals surface area contributed by atoms with E-state index in [1.54, 1.807) is 0 Å². The van der Waals surface area contributed by atoms with Gasteiger partial charge in [0, 0.05) is 12.0 Å². The van der Waals surface area contributed by atoms with Gasteiger partial charge >= 0.3 is 0 Å². The maximum absolute atomic E-state index is 4.82. The van der Waals surface area contributed by atoms with E-state index in [-0.39, 0.29) is 5.41 Å². The molecule has 0 saturated carbocycles. The Labute approximate surface area is 104 Å². The Morgan fingerprint density at radius 1 is 1.18 bits per heavy atom. The zero-order valence-corrected chi connectivity index (χ0v) is 11.6. The minimum atomic E-state index is 0.0239. The summed E-state index contributed by atoms with van der Waals surface area (Å²) in [7, 11) is 0. The number of nitrogens with one attached hydrogen (secondary N) is 1. The fourth-order valence-electron chi connectivity index (χ4n) is 2.20. The Morgan fingerprint density at radius 2 is 1.88 bits per heavy atom. The molecular weight excluding hydrogens is 210 g/mol. The van der Waals surface area contributed by atoms with E-state index in [0.29, 0.717) is 5.92 Å². The van der Waals surface area contributed by atoms with E-state index in [0.717, 1.165) is 25.3 Å². The van der Waals surface area contributed by atoms with Crippen LogP contribution in [-0.2, 0) is 18.4 Å². The topological polar surface area (TPSA) is 37.8 Å². The second-order valence-corrected chi connectivity index (χ2v) is 6.19. The third-order valence-electron chi connectivity index (χ3n) is 3.19. The van der Waals surface area contributed by atoms with Crippen molar-refractivity contribution in [2.75, 3.05) is 6.54 Å². The lowest BCUT2D eigenvalue weighted by Gasteiger charge is -2.25. The highest BCUT2D eigenvalue weighted by molar-refractivity contribution is 5.31. The summed E-state index contributed by atoms with van der Waals surface area (Å²) in [5.41, 5.74) is 3.86. The van der Waals surface area contributed by atoms with Crippen molar-refractivity contribution in [2.45, 2.75) is 58.9 Å². The molecule has 1 aromatic heterocycles. The zero-order valence-electron chi connectivity index (χ0n) is 11.6. The standard InChI is InChI=1S/C14H23N3/c1-9(2)12-10-6-7-15-8-11(10)16-13(17-12)14(3,4)5/h9,15H,6-8H2,1-5H3. The average Bonchev–Trinajstić information content (AvgIpc) is 2.26. The lowest BCUT2D eigenvalue weighted by Crippen LogP contribution is -2.29. The van der Waals surface area contributed by atoms with E-state index in [1.807, 2.05) is 0 Å². The van der Waals surface area contributed by atoms with Crippen molar-refractivity contribution in [1.29, 1.82) is 0 Å². The molecule has 17 heavy (non-hydrogen) atoms. The molecule has 0 unspecified atom stereocenters. The molecule has 0 amide bonds. The summed E-state index contributed by atoms with van der Waals surface area (Å²) < 4.78 is 0. The molecule has 0 atom stereocenters. The van der Waals surface area contributed by atoms with Crippen LogP contribution in [0.4, 0.5) is 0 Å². The van der Waals surface area contributed by atoms with E-state index < -0.39 is 0 Å². The number of nitrogens with zero attached hydrogens (tertiary/aromatic N) is 2. The second-order valence-electron chi connectivity index (χ2n) is 6.19. The van der Waals surface area contributed by atoms with Crippen LogP contribution in [-0.4, -0.2) is 16.5 Å². The van der Waals surface area contributed by atoms with Crippen LogP contribution in [0.2, 0.25) is 0 Å². The van der Waals surface area contributed by atoms with Crippen LogP contribution in [0.25, 0.3) is 0 Å². The minimum Gasteiger partial charge on any atom is -0.311 e. The highest BCUT2D eigenvalue weighted by Crippen LogP contribution is 2.26. The van der Waals surface area contributed by atoms with Crippen LogP contribution >= 0.6 is 0 Å². The Kier molecular flexibility index (Phi) is 3.21. The van der Waals surface area contributed by atoms with Crippen molar-refractivity contribution in [3.8, 4) is 0 Å². The van der Waals surface area contributed by atoms with E-state index >= 15 is 0 Å². The number of hydrogen-bond donors (Lipinski definition) is 1. The smallest absolute Gasteiger partial charge is 0.134 e. The van der Waals surface area contributed by atoms with Gasteiger partial charge in [-0.1, -0.05) is 34.6 Å². The molecule has 94 valence electrons. The molecule has 0 saturated heterocycles. The summed E-state index contributed by atoms with van der Waals surface area (Å²) in [6, 6.07) is 0. The highest BCUT2D eigenvalue weighted by atomic mass is 15.0. The van der Waals surface area contributed by atoms with Crippen LogP contribution in [0.15, 0.2) is 0 Å². The fourth-order valence-corrected chi connectivity index (χ4v) is 2.20. The molecule has 3 heteroatoms. The summed E-state index contributed by atoms with van der Waals surface area (Å²) in [5, 5.41) is 3.40. The van der Waals surface area contributed by atoms with Gasteiger partial charge < -0.3 is 5.32 Å². The predicted molar refractivity (Wildman–Crippen MR) is 70.2 cm³/mol. The minimum absolute atomic E-state index is 0.0239. The molecular formula is C14H23N3. The maximum atomic E-state index is 4.82. The third-order valence-corrected chi connectivity index (χ3v) is 3.19. The van der Waals surface area contributed by atoms with E-state index in [4.69, 9.17) is 9.97 Å². The molecule has 0 aromatic carbocycles. The number of hydrogen-bond acceptors (Lipinski definition) is 3. The Balaban J connectivity index is 2.56. The monoisotopic (exact) mass is 233 g/mol. The summed E-state index contributed by atoms with van der Waals surface area (Å²) in [6.45, 7) is 12.9. The number of aromatic nitrogens is 2. The Morgan fingerprint density at radius 3 is 2.47 bits per heavy atom. The van der Waals surface area contributed by atoms with Gasteiger partial charge in [-0.25, -0.2) is 9.97 Å². The van der Waals surface area contributed by atoms with Gasteiger partial charge in [0.05, 0.1) is 11.4 Å². The third kappa shape index (κ3) is 2.49. The zero-order chi connectivity index (χ0) is 12.6. The quantitative estimate of drug-likeness (QED) is 0.810. The first-order valence-electron chi connectivity index (χ1n) is 6.50. The van der Waals surface area contributed by atoms with Crippen LogP contribution in [0.5, 0.6) is 0 Å². The molecule has 3 nitrogen and oxygen atoms in total. The van der Waals surface area contributed by atoms with Crippen LogP contribution in [0.3, 0.4) is 0 Å². The van der Waals surface area contributed by atoms with Crippen molar-refractivity contribution in [2.24, 2.45) is 0 Å². The van der Waals surface area contributed by atoms with Gasteiger partial charge in [0.25, 0.3) is 0 Å². The summed E-state index contributed by atoms with van der Waals surface area (Å²) in [5.74, 6) is 1.45. The average molecular weight is 233 g/mol. The molecule has 2 heterocycles. The molecule has 1 N–H and O–H groups in total. The number of fused-ring (bicyclic) bond motifs is 1. The first-order chi connectivity index (χ1) is 7.89. The first kappa shape index (κ1) is 12.5. The van der Waals surface area contributed by atoms with Crippen molar-refractivity contribution in [1.82, 2.24) is 15.3 Å². The van der Waals surface area contributed by atoms with Crippen molar-refractivity contribution in [3.63, 3.8) is 0 Å². The van der Waals surface area contributed by atoms with E-state index in [2.05, 4.69) is 39.9 Å². The number of rotatable bonds is 1. The van der Waals surface area contributed by atoms with Crippen LogP contribution < -0.4 is 5.32 Å². The molecule has 0 spiro atoms. The lowest BCUT2D eigenvalue weighted by molar-refractivity contribution is 0.518. The Bertz CT molecular complexity index is 416. The molecule has 0 radical (unpaired) electrons. The first-order valence-corrected chi connectivity index (χ1v) is 6.50. The lowest BCUT2D eigenvalue weighted by atomic mass is 9.92. The molecule has 1 aliphatic rings. The molecule has 0 aliphatic carbocycles. The van der Waals surface area contributed by atoms with Gasteiger partial charge in [-0.2, -0.15) is 0 Å². The highest BCUT2D eigenvalue weighted by Gasteiger charge is 2.24. The van der Waals surface area contributed by atoms with Gasteiger partial charge in [0.15, 0.2) is 0 Å². The Hall–Kier alpha value is -0.960. The molecule has 0 fully saturated rings. The van der Waals surface area contributed by atoms with Gasteiger partial charge in [-0.05, 0) is 24.4 Å². The van der Waals surface area contributed by atoms with Crippen molar-refractivity contribution in [3.05, 3.63) is 22.8 Å². The van der Waals surface area contributed by atoms with Gasteiger partial charge in [0.1, 0.15) is 5.82 Å². The second kappa shape index (κ2) is 4.37. The summed E-state index contributed by atoms with van der Waals surface area (Å²) in [6.07, 6.45) is 1.06.